The van der Waals surface area contributed by atoms with Crippen LogP contribution in [-0.4, -0.2) is 85.2 Å². The van der Waals surface area contributed by atoms with E-state index in [1.165, 1.54) is 19.3 Å². The molecule has 126 valence electrons. The average molecular weight is 309 g/mol. The predicted molar refractivity (Wildman–Crippen MR) is 86.5 cm³/mol. The lowest BCUT2D eigenvalue weighted by atomic mass is 9.88. The van der Waals surface area contributed by atoms with Gasteiger partial charge in [0.1, 0.15) is 0 Å². The number of carbonyl (C=O) groups is 1. The minimum atomic E-state index is -0.434. The highest BCUT2D eigenvalue weighted by Gasteiger charge is 2.44. The van der Waals surface area contributed by atoms with Crippen molar-refractivity contribution in [3.63, 3.8) is 0 Å². The summed E-state index contributed by atoms with van der Waals surface area (Å²) in [6.07, 6.45) is 4.47. The Kier molecular flexibility index (Phi) is 5.05. The smallest absolute Gasteiger partial charge is 0.225 e. The van der Waals surface area contributed by atoms with Crippen molar-refractivity contribution >= 4 is 5.91 Å². The molecule has 2 bridgehead atoms. The molecule has 0 aromatic rings. The second-order valence-electron chi connectivity index (χ2n) is 7.76. The van der Waals surface area contributed by atoms with Crippen LogP contribution >= 0.6 is 0 Å². The first kappa shape index (κ1) is 16.2. The fraction of sp³-hybridized carbons (Fsp3) is 0.941. The first-order chi connectivity index (χ1) is 10.5. The molecule has 2 aliphatic carbocycles. The van der Waals surface area contributed by atoms with Crippen LogP contribution < -0.4 is 0 Å². The summed E-state index contributed by atoms with van der Waals surface area (Å²) in [6, 6.07) is 0. The molecule has 5 heteroatoms. The van der Waals surface area contributed by atoms with E-state index in [0.29, 0.717) is 19.0 Å². The number of aliphatic hydroxyl groups is 1. The number of β-amino-alcohol motifs (C(OH)–C–C–N with tert-alkyl or cyclic N) is 1. The fourth-order valence-corrected chi connectivity index (χ4v) is 4.62. The zero-order valence-electron chi connectivity index (χ0n) is 14.1. The van der Waals surface area contributed by atoms with Gasteiger partial charge in [-0.3, -0.25) is 9.69 Å². The van der Waals surface area contributed by atoms with Crippen LogP contribution in [0, 0.1) is 17.8 Å². The second kappa shape index (κ2) is 6.85. The lowest BCUT2D eigenvalue weighted by Crippen LogP contribution is -2.49. The van der Waals surface area contributed by atoms with Gasteiger partial charge in [0.15, 0.2) is 0 Å². The summed E-state index contributed by atoms with van der Waals surface area (Å²) >= 11 is 0. The van der Waals surface area contributed by atoms with E-state index < -0.39 is 6.10 Å². The summed E-state index contributed by atoms with van der Waals surface area (Å²) in [6.45, 7) is 5.30. The standard InChI is InChI=1S/C17H31N3O2/c1-18-5-7-20(8-6-18)12-15(21)11-19(2)17(22)16-10-13-3-4-14(16)9-13/h13-16,21H,3-12H2,1-2H3. The van der Waals surface area contributed by atoms with Crippen LogP contribution in [0.5, 0.6) is 0 Å². The number of hydrogen-bond donors (Lipinski definition) is 1. The van der Waals surface area contributed by atoms with Crippen molar-refractivity contribution in [1.82, 2.24) is 14.7 Å². The molecule has 22 heavy (non-hydrogen) atoms. The number of nitrogens with zero attached hydrogens (tertiary/aromatic N) is 3. The van der Waals surface area contributed by atoms with Crippen LogP contribution in [0.3, 0.4) is 0 Å². The van der Waals surface area contributed by atoms with Crippen molar-refractivity contribution in [2.24, 2.45) is 17.8 Å². The zero-order chi connectivity index (χ0) is 15.7. The molecule has 2 saturated carbocycles. The minimum absolute atomic E-state index is 0.236. The molecule has 1 amide bonds. The van der Waals surface area contributed by atoms with Crippen LogP contribution in [-0.2, 0) is 4.79 Å². The number of hydrogen-bond acceptors (Lipinski definition) is 4. The molecule has 0 spiro atoms. The highest BCUT2D eigenvalue weighted by atomic mass is 16.3. The molecule has 3 rings (SSSR count). The Morgan fingerprint density at radius 2 is 1.95 bits per heavy atom. The molecule has 1 heterocycles. The number of rotatable bonds is 5. The van der Waals surface area contributed by atoms with E-state index in [1.807, 2.05) is 7.05 Å². The second-order valence-corrected chi connectivity index (χ2v) is 7.76. The van der Waals surface area contributed by atoms with Gasteiger partial charge in [0.2, 0.25) is 5.91 Å². The Morgan fingerprint density at radius 1 is 1.23 bits per heavy atom. The highest BCUT2D eigenvalue weighted by molar-refractivity contribution is 5.79. The lowest BCUT2D eigenvalue weighted by Gasteiger charge is -2.34. The van der Waals surface area contributed by atoms with Gasteiger partial charge in [-0.25, -0.2) is 0 Å². The molecule has 1 saturated heterocycles. The fourth-order valence-electron chi connectivity index (χ4n) is 4.62. The van der Waals surface area contributed by atoms with E-state index in [0.717, 1.165) is 38.5 Å². The van der Waals surface area contributed by atoms with Crippen molar-refractivity contribution in [3.05, 3.63) is 0 Å². The Hall–Kier alpha value is -0.650. The van der Waals surface area contributed by atoms with Gasteiger partial charge in [-0.05, 0) is 38.1 Å². The Morgan fingerprint density at radius 3 is 2.55 bits per heavy atom. The summed E-state index contributed by atoms with van der Waals surface area (Å²) in [4.78, 5) is 19.0. The third-order valence-electron chi connectivity index (χ3n) is 5.98. The number of carbonyl (C=O) groups excluding carboxylic acids is 1. The molecular weight excluding hydrogens is 278 g/mol. The summed E-state index contributed by atoms with van der Waals surface area (Å²) in [5, 5.41) is 10.3. The molecule has 0 aromatic carbocycles. The summed E-state index contributed by atoms with van der Waals surface area (Å²) in [5.74, 6) is 1.92. The largest absolute Gasteiger partial charge is 0.390 e. The predicted octanol–water partition coefficient (Wildman–Crippen LogP) is 0.489. The number of amides is 1. The molecule has 3 fully saturated rings. The van der Waals surface area contributed by atoms with E-state index in [1.54, 1.807) is 4.90 Å². The molecule has 1 N–H and O–H groups in total. The number of piperazine rings is 1. The Balaban J connectivity index is 1.42. The van der Waals surface area contributed by atoms with Crippen LogP contribution in [0.4, 0.5) is 0 Å². The number of fused-ring (bicyclic) bond motifs is 2. The van der Waals surface area contributed by atoms with Gasteiger partial charge in [0, 0.05) is 52.2 Å². The quantitative estimate of drug-likeness (QED) is 0.803. The summed E-state index contributed by atoms with van der Waals surface area (Å²) in [5.41, 5.74) is 0. The van der Waals surface area contributed by atoms with Crippen LogP contribution in [0.2, 0.25) is 0 Å². The molecule has 4 unspecified atom stereocenters. The average Bonchev–Trinajstić information content (AvgIpc) is 3.11. The van der Waals surface area contributed by atoms with E-state index in [4.69, 9.17) is 0 Å². The maximum Gasteiger partial charge on any atom is 0.225 e. The molecular formula is C17H31N3O2. The van der Waals surface area contributed by atoms with Crippen molar-refractivity contribution < 1.29 is 9.90 Å². The first-order valence-corrected chi connectivity index (χ1v) is 8.87. The molecule has 5 nitrogen and oxygen atoms in total. The lowest BCUT2D eigenvalue weighted by molar-refractivity contribution is -0.137. The van der Waals surface area contributed by atoms with Gasteiger partial charge >= 0.3 is 0 Å². The van der Waals surface area contributed by atoms with Gasteiger partial charge in [0.05, 0.1) is 6.10 Å². The minimum Gasteiger partial charge on any atom is -0.390 e. The van der Waals surface area contributed by atoms with Crippen molar-refractivity contribution in [2.45, 2.75) is 31.8 Å². The third-order valence-corrected chi connectivity index (χ3v) is 5.98. The van der Waals surface area contributed by atoms with Crippen LogP contribution in [0.15, 0.2) is 0 Å². The number of aliphatic hydroxyl groups excluding tert-OH is 1. The van der Waals surface area contributed by atoms with Crippen LogP contribution in [0.25, 0.3) is 0 Å². The monoisotopic (exact) mass is 309 g/mol. The summed E-state index contributed by atoms with van der Waals surface area (Å²) < 4.78 is 0. The van der Waals surface area contributed by atoms with Gasteiger partial charge < -0.3 is 14.9 Å². The maximum atomic E-state index is 12.6. The zero-order valence-corrected chi connectivity index (χ0v) is 14.1. The Labute approximate surface area is 134 Å². The van der Waals surface area contributed by atoms with Crippen LogP contribution in [0.1, 0.15) is 25.7 Å². The Bertz CT molecular complexity index is 395. The highest BCUT2D eigenvalue weighted by Crippen LogP contribution is 2.48. The topological polar surface area (TPSA) is 47.0 Å². The maximum absolute atomic E-state index is 12.6. The van der Waals surface area contributed by atoms with Crippen molar-refractivity contribution in [1.29, 1.82) is 0 Å². The normalized spacial score (nSPS) is 34.0. The van der Waals surface area contributed by atoms with E-state index in [9.17, 15) is 9.90 Å². The molecule has 0 aromatic heterocycles. The molecule has 1 aliphatic heterocycles. The van der Waals surface area contributed by atoms with Gasteiger partial charge in [-0.1, -0.05) is 6.42 Å². The van der Waals surface area contributed by atoms with Crippen molar-refractivity contribution in [2.75, 3.05) is 53.4 Å². The first-order valence-electron chi connectivity index (χ1n) is 8.87. The van der Waals surface area contributed by atoms with E-state index in [2.05, 4.69) is 16.8 Å². The third kappa shape index (κ3) is 3.63. The molecule has 4 atom stereocenters. The van der Waals surface area contributed by atoms with E-state index in [-0.39, 0.29) is 11.8 Å². The van der Waals surface area contributed by atoms with E-state index >= 15 is 0 Å². The van der Waals surface area contributed by atoms with Gasteiger partial charge in [0.25, 0.3) is 0 Å². The SMILES string of the molecule is CN1CCN(CC(O)CN(C)C(=O)C2CC3CCC2C3)CC1. The molecule has 0 radical (unpaired) electrons. The summed E-state index contributed by atoms with van der Waals surface area (Å²) in [7, 11) is 4.00. The van der Waals surface area contributed by atoms with Gasteiger partial charge in [-0.2, -0.15) is 0 Å². The number of likely N-dealkylation sites (N-methyl/N-ethyl adjacent to an activating group) is 2. The molecule has 3 aliphatic rings. The van der Waals surface area contributed by atoms with Gasteiger partial charge in [-0.15, -0.1) is 0 Å². The van der Waals surface area contributed by atoms with Crippen molar-refractivity contribution in [3.8, 4) is 0 Å².